The molecule has 1 N–H and O–H groups in total. The molecule has 9 heteroatoms. The Morgan fingerprint density at radius 2 is 1.71 bits per heavy atom. The second kappa shape index (κ2) is 6.42. The van der Waals surface area contributed by atoms with Crippen molar-refractivity contribution in [3.63, 3.8) is 0 Å². The quantitative estimate of drug-likeness (QED) is 0.869. The van der Waals surface area contributed by atoms with E-state index >= 15 is 0 Å². The van der Waals surface area contributed by atoms with Crippen molar-refractivity contribution >= 4 is 5.91 Å². The van der Waals surface area contributed by atoms with Crippen LogP contribution in [-0.4, -0.2) is 16.7 Å². The number of hydrogen-bond acceptors (Lipinski definition) is 2. The first-order valence-electron chi connectivity index (χ1n) is 6.59. The Bertz CT molecular complexity index is 809. The molecule has 0 bridgehead atoms. The van der Waals surface area contributed by atoms with Crippen LogP contribution in [0.5, 0.6) is 0 Å². The number of hydrogen-bond donors (Lipinski definition) is 1. The Kier molecular flexibility index (Phi) is 4.72. The third-order valence-corrected chi connectivity index (χ3v) is 3.24. The lowest BCUT2D eigenvalue weighted by Gasteiger charge is -2.23. The van der Waals surface area contributed by atoms with Crippen molar-refractivity contribution in [2.75, 3.05) is 0 Å². The maximum Gasteiger partial charge on any atom is 0.413 e. The number of benzene rings is 1. The predicted molar refractivity (Wildman–Crippen MR) is 74.3 cm³/mol. The Hall–Kier alpha value is -2.71. The topological polar surface area (TPSA) is 51.1 Å². The molecule has 24 heavy (non-hydrogen) atoms. The van der Waals surface area contributed by atoms with Gasteiger partial charge in [-0.05, 0) is 18.2 Å². The van der Waals surface area contributed by atoms with Gasteiger partial charge in [0.2, 0.25) is 5.56 Å². The number of nitrogens with one attached hydrogen (secondary N) is 1. The summed E-state index contributed by atoms with van der Waals surface area (Å²) in [5.74, 6) is -4.09. The summed E-state index contributed by atoms with van der Waals surface area (Å²) in [5, 5.41) is 1.56. The van der Waals surface area contributed by atoms with E-state index in [4.69, 9.17) is 0 Å². The maximum absolute atomic E-state index is 13.7. The molecule has 0 radical (unpaired) electrons. The summed E-state index contributed by atoms with van der Waals surface area (Å²) < 4.78 is 67.9. The fraction of sp³-hybridized carbons (Fsp3) is 0.200. The van der Waals surface area contributed by atoms with E-state index in [1.54, 1.807) is 5.32 Å². The summed E-state index contributed by atoms with van der Waals surface area (Å²) in [6.45, 7) is 0. The molecule has 1 aromatic carbocycles. The lowest BCUT2D eigenvalue weighted by molar-refractivity contribution is -0.156. The fourth-order valence-electron chi connectivity index (χ4n) is 2.05. The first kappa shape index (κ1) is 17.6. The molecule has 2 aromatic rings. The molecular formula is C15H11F5N2O2. The van der Waals surface area contributed by atoms with Gasteiger partial charge < -0.3 is 9.88 Å². The molecule has 4 nitrogen and oxygen atoms in total. The van der Waals surface area contributed by atoms with Crippen LogP contribution in [0.15, 0.2) is 41.3 Å². The lowest BCUT2D eigenvalue weighted by Crippen LogP contribution is -2.39. The third kappa shape index (κ3) is 3.61. The molecule has 1 heterocycles. The van der Waals surface area contributed by atoms with Crippen LogP contribution < -0.4 is 10.9 Å². The Balaban J connectivity index is 2.42. The number of carbonyl (C=O) groups is 1. The molecule has 0 aliphatic carbocycles. The molecule has 0 unspecified atom stereocenters. The number of aromatic nitrogens is 1. The van der Waals surface area contributed by atoms with Gasteiger partial charge in [-0.1, -0.05) is 6.07 Å². The smallest absolute Gasteiger partial charge is 0.336 e. The van der Waals surface area contributed by atoms with Crippen molar-refractivity contribution in [3.05, 3.63) is 69.6 Å². The normalized spacial score (nSPS) is 12.8. The molecule has 0 spiro atoms. The summed E-state index contributed by atoms with van der Waals surface area (Å²) in [5.41, 5.74) is -2.04. The van der Waals surface area contributed by atoms with Crippen molar-refractivity contribution in [2.45, 2.75) is 12.2 Å². The second-order valence-electron chi connectivity index (χ2n) is 4.95. The van der Waals surface area contributed by atoms with E-state index in [1.165, 1.54) is 7.05 Å². The highest BCUT2D eigenvalue weighted by molar-refractivity contribution is 5.94. The lowest BCUT2D eigenvalue weighted by atomic mass is 10.0. The average Bonchev–Trinajstić information content (AvgIpc) is 2.47. The number of aryl methyl sites for hydroxylation is 1. The molecule has 2 rings (SSSR count). The Morgan fingerprint density at radius 1 is 1.12 bits per heavy atom. The van der Waals surface area contributed by atoms with Gasteiger partial charge in [0.1, 0.15) is 11.6 Å². The highest BCUT2D eigenvalue weighted by atomic mass is 19.4. The standard InChI is InChI=1S/C15H11F5N2O2/c1-22-7-8(5-6-11(22)23)14(24)21-13(15(18,19)20)12-9(16)3-2-4-10(12)17/h2-7,13H,1H3,(H,21,24)/t13-/m0/s1. The van der Waals surface area contributed by atoms with Crippen molar-refractivity contribution in [2.24, 2.45) is 7.05 Å². The van der Waals surface area contributed by atoms with Crippen LogP contribution in [0.25, 0.3) is 0 Å². The Labute approximate surface area is 132 Å². The zero-order chi connectivity index (χ0) is 18.1. The van der Waals surface area contributed by atoms with Crippen molar-refractivity contribution in [1.82, 2.24) is 9.88 Å². The van der Waals surface area contributed by atoms with E-state index in [9.17, 15) is 31.5 Å². The summed E-state index contributed by atoms with van der Waals surface area (Å²) in [6.07, 6.45) is -4.11. The van der Waals surface area contributed by atoms with Crippen LogP contribution in [0.2, 0.25) is 0 Å². The molecule has 1 atom stereocenters. The van der Waals surface area contributed by atoms with Crippen LogP contribution in [-0.2, 0) is 7.05 Å². The van der Waals surface area contributed by atoms with Crippen LogP contribution in [0, 0.1) is 11.6 Å². The van der Waals surface area contributed by atoms with E-state index in [2.05, 4.69) is 0 Å². The number of alkyl halides is 3. The van der Waals surface area contributed by atoms with Gasteiger partial charge in [0.05, 0.1) is 11.1 Å². The zero-order valence-corrected chi connectivity index (χ0v) is 12.2. The van der Waals surface area contributed by atoms with Gasteiger partial charge in [0.25, 0.3) is 5.91 Å². The summed E-state index contributed by atoms with van der Waals surface area (Å²) in [6, 6.07) is 1.37. The molecule has 1 amide bonds. The highest BCUT2D eigenvalue weighted by Crippen LogP contribution is 2.35. The third-order valence-electron chi connectivity index (χ3n) is 3.24. The second-order valence-corrected chi connectivity index (χ2v) is 4.95. The number of rotatable bonds is 3. The zero-order valence-electron chi connectivity index (χ0n) is 12.2. The van der Waals surface area contributed by atoms with Crippen LogP contribution in [0.3, 0.4) is 0 Å². The van der Waals surface area contributed by atoms with Gasteiger partial charge >= 0.3 is 6.18 Å². The maximum atomic E-state index is 13.7. The van der Waals surface area contributed by atoms with Crippen molar-refractivity contribution < 1.29 is 26.7 Å². The predicted octanol–water partition coefficient (Wildman–Crippen LogP) is 2.70. The summed E-state index contributed by atoms with van der Waals surface area (Å²) >= 11 is 0. The van der Waals surface area contributed by atoms with Gasteiger partial charge in [0.15, 0.2) is 6.04 Å². The number of amides is 1. The van der Waals surface area contributed by atoms with E-state index in [0.717, 1.165) is 29.0 Å². The van der Waals surface area contributed by atoms with E-state index < -0.39 is 40.9 Å². The first-order valence-corrected chi connectivity index (χ1v) is 6.59. The molecule has 1 aromatic heterocycles. The minimum Gasteiger partial charge on any atom is -0.336 e. The SMILES string of the molecule is Cn1cc(C(=O)N[C@@H](c2c(F)cccc2F)C(F)(F)F)ccc1=O. The van der Waals surface area contributed by atoms with E-state index in [0.29, 0.717) is 12.1 Å². The first-order chi connectivity index (χ1) is 11.1. The minimum absolute atomic E-state index is 0.261. The number of nitrogens with zero attached hydrogens (tertiary/aromatic N) is 1. The van der Waals surface area contributed by atoms with E-state index in [1.807, 2.05) is 0 Å². The number of halogens is 5. The monoisotopic (exact) mass is 346 g/mol. The highest BCUT2D eigenvalue weighted by Gasteiger charge is 2.44. The van der Waals surface area contributed by atoms with Gasteiger partial charge in [-0.25, -0.2) is 8.78 Å². The van der Waals surface area contributed by atoms with Crippen LogP contribution in [0.1, 0.15) is 22.0 Å². The van der Waals surface area contributed by atoms with Gasteiger partial charge in [-0.2, -0.15) is 13.2 Å². The molecule has 0 saturated carbocycles. The molecule has 0 fully saturated rings. The fourth-order valence-corrected chi connectivity index (χ4v) is 2.05. The molecule has 0 saturated heterocycles. The van der Waals surface area contributed by atoms with Gasteiger partial charge in [-0.3, -0.25) is 9.59 Å². The molecular weight excluding hydrogens is 335 g/mol. The molecule has 128 valence electrons. The average molecular weight is 346 g/mol. The van der Waals surface area contributed by atoms with Gasteiger partial charge in [-0.15, -0.1) is 0 Å². The van der Waals surface area contributed by atoms with E-state index in [-0.39, 0.29) is 5.56 Å². The largest absolute Gasteiger partial charge is 0.413 e. The minimum atomic E-state index is -5.13. The van der Waals surface area contributed by atoms with Gasteiger partial charge in [0, 0.05) is 19.3 Å². The summed E-state index contributed by atoms with van der Waals surface area (Å²) in [7, 11) is 1.30. The van der Waals surface area contributed by atoms with Crippen molar-refractivity contribution in [3.8, 4) is 0 Å². The van der Waals surface area contributed by atoms with Crippen LogP contribution >= 0.6 is 0 Å². The Morgan fingerprint density at radius 3 is 2.21 bits per heavy atom. The van der Waals surface area contributed by atoms with Crippen molar-refractivity contribution in [1.29, 1.82) is 0 Å². The molecule has 0 aliphatic rings. The molecule has 0 aliphatic heterocycles. The summed E-state index contributed by atoms with van der Waals surface area (Å²) in [4.78, 5) is 23.2. The van der Waals surface area contributed by atoms with Crippen LogP contribution in [0.4, 0.5) is 22.0 Å². The number of pyridine rings is 1. The number of carbonyl (C=O) groups excluding carboxylic acids is 1.